The van der Waals surface area contributed by atoms with Gasteiger partial charge in [-0.05, 0) is 37.0 Å². The maximum atomic E-state index is 4.92. The molecule has 0 N–H and O–H groups in total. The SMILES string of the molecule is CCc1nc2sc3c(c2c2nnc(SC)n12)CCC(C)C3. The molecule has 0 amide bonds. The Morgan fingerprint density at radius 3 is 3.00 bits per heavy atom. The van der Waals surface area contributed by atoms with E-state index < -0.39 is 0 Å². The van der Waals surface area contributed by atoms with E-state index in [1.54, 1.807) is 11.8 Å². The highest BCUT2D eigenvalue weighted by Crippen LogP contribution is 2.39. The van der Waals surface area contributed by atoms with Gasteiger partial charge in [0, 0.05) is 11.3 Å². The summed E-state index contributed by atoms with van der Waals surface area (Å²) < 4.78 is 2.15. The van der Waals surface area contributed by atoms with Gasteiger partial charge in [-0.3, -0.25) is 4.40 Å². The molecule has 0 radical (unpaired) electrons. The standard InChI is InChI=1S/C15H18N4S2/c1-4-11-16-14-12(13-17-18-15(20-3)19(11)13)9-6-5-8(2)7-10(9)21-14/h8H,4-7H2,1-3H3. The highest BCUT2D eigenvalue weighted by molar-refractivity contribution is 7.98. The van der Waals surface area contributed by atoms with Crippen LogP contribution >= 0.6 is 23.1 Å². The summed E-state index contributed by atoms with van der Waals surface area (Å²) in [6, 6.07) is 0. The minimum Gasteiger partial charge on any atom is -0.257 e. The first-order valence-corrected chi connectivity index (χ1v) is 9.49. The molecule has 0 aliphatic heterocycles. The maximum Gasteiger partial charge on any atom is 0.196 e. The first-order chi connectivity index (χ1) is 10.2. The first kappa shape index (κ1) is 13.5. The summed E-state index contributed by atoms with van der Waals surface area (Å²) in [5.41, 5.74) is 2.49. The lowest BCUT2D eigenvalue weighted by atomic mass is 9.89. The number of nitrogens with zero attached hydrogens (tertiary/aromatic N) is 4. The Hall–Kier alpha value is -1.14. The summed E-state index contributed by atoms with van der Waals surface area (Å²) in [4.78, 5) is 7.59. The number of hydrogen-bond acceptors (Lipinski definition) is 5. The monoisotopic (exact) mass is 318 g/mol. The van der Waals surface area contributed by atoms with E-state index in [0.29, 0.717) is 0 Å². The molecule has 1 aliphatic carbocycles. The number of aryl methyl sites for hydroxylation is 2. The molecule has 110 valence electrons. The summed E-state index contributed by atoms with van der Waals surface area (Å²) in [6.45, 7) is 4.49. The normalized spacial score (nSPS) is 18.5. The van der Waals surface area contributed by atoms with Gasteiger partial charge in [0.1, 0.15) is 10.7 Å². The molecule has 4 rings (SSSR count). The lowest BCUT2D eigenvalue weighted by Gasteiger charge is -2.17. The molecule has 1 atom stereocenters. The van der Waals surface area contributed by atoms with Crippen molar-refractivity contribution in [1.29, 1.82) is 0 Å². The Morgan fingerprint density at radius 1 is 1.38 bits per heavy atom. The lowest BCUT2D eigenvalue weighted by molar-refractivity contribution is 0.509. The third-order valence-electron chi connectivity index (χ3n) is 4.34. The number of rotatable bonds is 2. The van der Waals surface area contributed by atoms with Crippen LogP contribution in [0.5, 0.6) is 0 Å². The van der Waals surface area contributed by atoms with Crippen LogP contribution in [0.1, 0.15) is 36.5 Å². The largest absolute Gasteiger partial charge is 0.257 e. The molecule has 0 spiro atoms. The molecule has 0 saturated heterocycles. The van der Waals surface area contributed by atoms with Crippen LogP contribution in [0.15, 0.2) is 5.16 Å². The minimum absolute atomic E-state index is 0.784. The molecule has 3 aromatic rings. The molecule has 0 saturated carbocycles. The van der Waals surface area contributed by atoms with Crippen LogP contribution in [-0.2, 0) is 19.3 Å². The summed E-state index contributed by atoms with van der Waals surface area (Å²) >= 11 is 3.50. The van der Waals surface area contributed by atoms with E-state index in [-0.39, 0.29) is 0 Å². The van der Waals surface area contributed by atoms with Crippen molar-refractivity contribution in [2.45, 2.75) is 44.7 Å². The Labute approximate surface area is 132 Å². The lowest BCUT2D eigenvalue weighted by Crippen LogP contribution is -2.09. The molecule has 0 fully saturated rings. The second kappa shape index (κ2) is 4.95. The van der Waals surface area contributed by atoms with Gasteiger partial charge in [0.05, 0.1) is 5.39 Å². The Bertz CT molecular complexity index is 833. The van der Waals surface area contributed by atoms with Crippen molar-refractivity contribution in [3.8, 4) is 0 Å². The van der Waals surface area contributed by atoms with Gasteiger partial charge in [-0.25, -0.2) is 4.98 Å². The van der Waals surface area contributed by atoms with Crippen LogP contribution in [0.3, 0.4) is 0 Å². The maximum absolute atomic E-state index is 4.92. The minimum atomic E-state index is 0.784. The summed E-state index contributed by atoms with van der Waals surface area (Å²) in [5, 5.41) is 11.0. The van der Waals surface area contributed by atoms with Gasteiger partial charge in [-0.15, -0.1) is 21.5 Å². The number of thiophene rings is 1. The van der Waals surface area contributed by atoms with E-state index in [4.69, 9.17) is 4.98 Å². The van der Waals surface area contributed by atoms with Gasteiger partial charge in [-0.1, -0.05) is 25.6 Å². The van der Waals surface area contributed by atoms with Gasteiger partial charge >= 0.3 is 0 Å². The summed E-state index contributed by atoms with van der Waals surface area (Å²) in [6.07, 6.45) is 6.56. The molecule has 3 aromatic heterocycles. The quantitative estimate of drug-likeness (QED) is 0.675. The molecule has 4 nitrogen and oxygen atoms in total. The fourth-order valence-electron chi connectivity index (χ4n) is 3.25. The third kappa shape index (κ3) is 1.92. The zero-order chi connectivity index (χ0) is 14.6. The van der Waals surface area contributed by atoms with Crippen molar-refractivity contribution >= 4 is 39.0 Å². The average Bonchev–Trinajstić information content (AvgIpc) is 3.05. The van der Waals surface area contributed by atoms with E-state index in [9.17, 15) is 0 Å². The number of aromatic nitrogens is 4. The Kier molecular flexibility index (Phi) is 3.19. The molecule has 0 aromatic carbocycles. The Morgan fingerprint density at radius 2 is 2.24 bits per heavy atom. The van der Waals surface area contributed by atoms with E-state index >= 15 is 0 Å². The first-order valence-electron chi connectivity index (χ1n) is 7.45. The fourth-order valence-corrected chi connectivity index (χ4v) is 5.14. The van der Waals surface area contributed by atoms with E-state index in [2.05, 4.69) is 28.4 Å². The molecule has 21 heavy (non-hydrogen) atoms. The second-order valence-corrected chi connectivity index (χ2v) is 7.62. The van der Waals surface area contributed by atoms with Crippen molar-refractivity contribution in [3.05, 3.63) is 16.3 Å². The Balaban J connectivity index is 2.10. The molecular formula is C15H18N4S2. The molecule has 1 unspecified atom stereocenters. The van der Waals surface area contributed by atoms with Crippen molar-refractivity contribution in [2.24, 2.45) is 5.92 Å². The van der Waals surface area contributed by atoms with E-state index in [1.807, 2.05) is 17.6 Å². The number of fused-ring (bicyclic) bond motifs is 5. The smallest absolute Gasteiger partial charge is 0.196 e. The predicted octanol–water partition coefficient (Wildman–Crippen LogP) is 3.75. The van der Waals surface area contributed by atoms with Crippen LogP contribution < -0.4 is 0 Å². The number of hydrogen-bond donors (Lipinski definition) is 0. The van der Waals surface area contributed by atoms with Gasteiger partial charge in [-0.2, -0.15) is 0 Å². The van der Waals surface area contributed by atoms with Gasteiger partial charge in [0.25, 0.3) is 0 Å². The van der Waals surface area contributed by atoms with Gasteiger partial charge in [0.15, 0.2) is 10.8 Å². The van der Waals surface area contributed by atoms with Gasteiger partial charge < -0.3 is 0 Å². The van der Waals surface area contributed by atoms with E-state index in [0.717, 1.165) is 40.2 Å². The third-order valence-corrected chi connectivity index (χ3v) is 6.12. The molecule has 3 heterocycles. The van der Waals surface area contributed by atoms with Crippen LogP contribution in [0, 0.1) is 5.92 Å². The van der Waals surface area contributed by atoms with Crippen LogP contribution in [0.4, 0.5) is 0 Å². The summed E-state index contributed by atoms with van der Waals surface area (Å²) in [5.74, 6) is 1.85. The van der Waals surface area contributed by atoms with Crippen molar-refractivity contribution in [1.82, 2.24) is 19.6 Å². The van der Waals surface area contributed by atoms with Crippen LogP contribution in [0.25, 0.3) is 15.9 Å². The number of thioether (sulfide) groups is 1. The van der Waals surface area contributed by atoms with Crippen LogP contribution in [0.2, 0.25) is 0 Å². The van der Waals surface area contributed by atoms with Crippen molar-refractivity contribution in [3.63, 3.8) is 0 Å². The summed E-state index contributed by atoms with van der Waals surface area (Å²) in [7, 11) is 0. The average molecular weight is 318 g/mol. The van der Waals surface area contributed by atoms with E-state index in [1.165, 1.54) is 28.7 Å². The molecule has 1 aliphatic rings. The molecular weight excluding hydrogens is 300 g/mol. The predicted molar refractivity (Wildman–Crippen MR) is 88.5 cm³/mol. The van der Waals surface area contributed by atoms with Crippen molar-refractivity contribution in [2.75, 3.05) is 6.26 Å². The second-order valence-electron chi connectivity index (χ2n) is 5.76. The highest BCUT2D eigenvalue weighted by atomic mass is 32.2. The van der Waals surface area contributed by atoms with Gasteiger partial charge in [0.2, 0.25) is 0 Å². The van der Waals surface area contributed by atoms with Crippen LogP contribution in [-0.4, -0.2) is 25.8 Å². The van der Waals surface area contributed by atoms with Crippen molar-refractivity contribution < 1.29 is 0 Å². The fraction of sp³-hybridized carbons (Fsp3) is 0.533. The molecule has 6 heteroatoms. The zero-order valence-electron chi connectivity index (χ0n) is 12.5. The molecule has 0 bridgehead atoms. The topological polar surface area (TPSA) is 43.1 Å². The highest BCUT2D eigenvalue weighted by Gasteiger charge is 2.24. The zero-order valence-corrected chi connectivity index (χ0v) is 14.1.